The van der Waals surface area contributed by atoms with Gasteiger partial charge >= 0.3 is 5.97 Å². The highest BCUT2D eigenvalue weighted by Gasteiger charge is 2.43. The molecular weight excluding hydrogens is 262 g/mol. The molecule has 2 fully saturated rings. The maximum absolute atomic E-state index is 11.9. The van der Waals surface area contributed by atoms with E-state index in [0.29, 0.717) is 17.4 Å². The standard InChI is InChI=1S/C18H33NO2/c1-14-5-11-18(12-6-14,16(20)21)13-19(4)15-7-9-17(2,3)10-8-15/h14-15H,5-13H2,1-4H3,(H,20,21). The molecule has 3 nitrogen and oxygen atoms in total. The van der Waals surface area contributed by atoms with Crippen LogP contribution in [0.4, 0.5) is 0 Å². The number of carboxylic acids is 1. The molecular formula is C18H33NO2. The quantitative estimate of drug-likeness (QED) is 0.846. The number of carboxylic acid groups (broad SMARTS) is 1. The van der Waals surface area contributed by atoms with Gasteiger partial charge < -0.3 is 10.0 Å². The molecule has 0 aromatic rings. The van der Waals surface area contributed by atoms with Crippen molar-refractivity contribution in [2.45, 2.75) is 78.2 Å². The highest BCUT2D eigenvalue weighted by Crippen LogP contribution is 2.42. The molecule has 0 amide bonds. The number of hydrogen-bond acceptors (Lipinski definition) is 2. The first-order valence-corrected chi connectivity index (χ1v) is 8.68. The van der Waals surface area contributed by atoms with Crippen LogP contribution in [0.2, 0.25) is 0 Å². The first-order chi connectivity index (χ1) is 9.74. The smallest absolute Gasteiger partial charge is 0.310 e. The van der Waals surface area contributed by atoms with E-state index in [1.165, 1.54) is 25.7 Å². The molecule has 0 heterocycles. The van der Waals surface area contributed by atoms with E-state index in [9.17, 15) is 9.90 Å². The maximum Gasteiger partial charge on any atom is 0.310 e. The Morgan fingerprint density at radius 2 is 1.62 bits per heavy atom. The van der Waals surface area contributed by atoms with Crippen LogP contribution in [-0.4, -0.2) is 35.6 Å². The molecule has 0 aromatic carbocycles. The summed E-state index contributed by atoms with van der Waals surface area (Å²) in [6, 6.07) is 0.577. The van der Waals surface area contributed by atoms with E-state index < -0.39 is 11.4 Å². The van der Waals surface area contributed by atoms with E-state index >= 15 is 0 Å². The molecule has 0 aliphatic heterocycles. The molecule has 2 aliphatic carbocycles. The lowest BCUT2D eigenvalue weighted by Gasteiger charge is -2.43. The Morgan fingerprint density at radius 1 is 1.10 bits per heavy atom. The minimum Gasteiger partial charge on any atom is -0.481 e. The number of nitrogens with zero attached hydrogens (tertiary/aromatic N) is 1. The molecule has 0 bridgehead atoms. The van der Waals surface area contributed by atoms with E-state index in [1.54, 1.807) is 0 Å². The Kier molecular flexibility index (Phi) is 5.02. The van der Waals surface area contributed by atoms with Crippen LogP contribution in [0.1, 0.15) is 72.1 Å². The van der Waals surface area contributed by atoms with Gasteiger partial charge in [-0.3, -0.25) is 4.79 Å². The van der Waals surface area contributed by atoms with Crippen molar-refractivity contribution in [1.29, 1.82) is 0 Å². The summed E-state index contributed by atoms with van der Waals surface area (Å²) in [4.78, 5) is 14.2. The molecule has 1 N–H and O–H groups in total. The van der Waals surface area contributed by atoms with Crippen molar-refractivity contribution in [2.75, 3.05) is 13.6 Å². The first kappa shape index (κ1) is 16.8. The average Bonchev–Trinajstić information content (AvgIpc) is 2.41. The molecule has 0 aromatic heterocycles. The molecule has 0 spiro atoms. The zero-order valence-corrected chi connectivity index (χ0v) is 14.3. The Hall–Kier alpha value is -0.570. The summed E-state index contributed by atoms with van der Waals surface area (Å²) in [6.07, 6.45) is 8.80. The fourth-order valence-electron chi connectivity index (χ4n) is 4.19. The molecule has 21 heavy (non-hydrogen) atoms. The number of aliphatic carboxylic acids is 1. The highest BCUT2D eigenvalue weighted by molar-refractivity contribution is 5.75. The lowest BCUT2D eigenvalue weighted by atomic mass is 9.70. The van der Waals surface area contributed by atoms with Crippen molar-refractivity contribution in [3.05, 3.63) is 0 Å². The van der Waals surface area contributed by atoms with Crippen LogP contribution >= 0.6 is 0 Å². The molecule has 3 heteroatoms. The van der Waals surface area contributed by atoms with Crippen LogP contribution in [0.5, 0.6) is 0 Å². The van der Waals surface area contributed by atoms with Crippen LogP contribution in [0.25, 0.3) is 0 Å². The van der Waals surface area contributed by atoms with Crippen LogP contribution < -0.4 is 0 Å². The number of hydrogen-bond donors (Lipinski definition) is 1. The third-order valence-corrected chi connectivity index (χ3v) is 6.17. The van der Waals surface area contributed by atoms with Gasteiger partial charge in [0.1, 0.15) is 0 Å². The van der Waals surface area contributed by atoms with E-state index in [1.807, 2.05) is 0 Å². The van der Waals surface area contributed by atoms with Gasteiger partial charge in [-0.2, -0.15) is 0 Å². The Labute approximate surface area is 130 Å². The normalized spacial score (nSPS) is 34.0. The second-order valence-corrected chi connectivity index (χ2v) is 8.58. The lowest BCUT2D eigenvalue weighted by molar-refractivity contribution is -0.153. The average molecular weight is 295 g/mol. The van der Waals surface area contributed by atoms with Gasteiger partial charge in [-0.15, -0.1) is 0 Å². The molecule has 2 rings (SSSR count). The number of rotatable bonds is 4. The summed E-state index contributed by atoms with van der Waals surface area (Å²) in [5.74, 6) is 0.121. The monoisotopic (exact) mass is 295 g/mol. The number of carbonyl (C=O) groups is 1. The van der Waals surface area contributed by atoms with Crippen molar-refractivity contribution in [2.24, 2.45) is 16.7 Å². The van der Waals surface area contributed by atoms with Gasteiger partial charge in [0.2, 0.25) is 0 Å². The van der Waals surface area contributed by atoms with E-state index in [0.717, 1.165) is 32.2 Å². The van der Waals surface area contributed by atoms with Crippen molar-refractivity contribution < 1.29 is 9.90 Å². The second kappa shape index (κ2) is 6.28. The Balaban J connectivity index is 1.96. The molecule has 0 radical (unpaired) electrons. The molecule has 0 unspecified atom stereocenters. The van der Waals surface area contributed by atoms with Gasteiger partial charge in [-0.05, 0) is 69.7 Å². The summed E-state index contributed by atoms with van der Waals surface area (Å²) in [5.41, 5.74) is -0.0175. The SMILES string of the molecule is CC1CCC(CN(C)C2CCC(C)(C)CC2)(C(=O)O)CC1. The first-order valence-electron chi connectivity index (χ1n) is 8.68. The summed E-state index contributed by atoms with van der Waals surface area (Å²) in [5, 5.41) is 9.78. The highest BCUT2D eigenvalue weighted by atomic mass is 16.4. The van der Waals surface area contributed by atoms with Crippen LogP contribution in [-0.2, 0) is 4.79 Å². The van der Waals surface area contributed by atoms with Crippen LogP contribution in [0.3, 0.4) is 0 Å². The van der Waals surface area contributed by atoms with E-state index in [2.05, 4.69) is 32.7 Å². The maximum atomic E-state index is 11.9. The summed E-state index contributed by atoms with van der Waals surface area (Å²) in [6.45, 7) is 7.69. The van der Waals surface area contributed by atoms with Crippen LogP contribution in [0.15, 0.2) is 0 Å². The minimum atomic E-state index is -0.572. The van der Waals surface area contributed by atoms with Crippen molar-refractivity contribution in [3.63, 3.8) is 0 Å². The molecule has 2 aliphatic rings. The fourth-order valence-corrected chi connectivity index (χ4v) is 4.19. The minimum absolute atomic E-state index is 0.474. The van der Waals surface area contributed by atoms with E-state index in [4.69, 9.17) is 0 Å². The third kappa shape index (κ3) is 4.00. The molecule has 0 saturated heterocycles. The van der Waals surface area contributed by atoms with Gasteiger partial charge in [0.25, 0.3) is 0 Å². The summed E-state index contributed by atoms with van der Waals surface area (Å²) < 4.78 is 0. The third-order valence-electron chi connectivity index (χ3n) is 6.17. The van der Waals surface area contributed by atoms with Gasteiger partial charge in [-0.1, -0.05) is 20.8 Å². The Morgan fingerprint density at radius 3 is 2.10 bits per heavy atom. The van der Waals surface area contributed by atoms with Gasteiger partial charge in [0.05, 0.1) is 5.41 Å². The summed E-state index contributed by atoms with van der Waals surface area (Å²) in [7, 11) is 2.14. The van der Waals surface area contributed by atoms with E-state index in [-0.39, 0.29) is 0 Å². The zero-order chi connectivity index (χ0) is 15.7. The van der Waals surface area contributed by atoms with Crippen LogP contribution in [0, 0.1) is 16.7 Å². The largest absolute Gasteiger partial charge is 0.481 e. The molecule has 2 saturated carbocycles. The van der Waals surface area contributed by atoms with Crippen molar-refractivity contribution >= 4 is 5.97 Å². The van der Waals surface area contributed by atoms with Gasteiger partial charge in [0.15, 0.2) is 0 Å². The molecule has 0 atom stereocenters. The topological polar surface area (TPSA) is 40.5 Å². The fraction of sp³-hybridized carbons (Fsp3) is 0.944. The Bertz CT molecular complexity index is 359. The van der Waals surface area contributed by atoms with Gasteiger partial charge in [0, 0.05) is 12.6 Å². The predicted molar refractivity (Wildman–Crippen MR) is 86.4 cm³/mol. The lowest BCUT2D eigenvalue weighted by Crippen LogP contribution is -2.48. The molecule has 122 valence electrons. The predicted octanol–water partition coefficient (Wildman–Crippen LogP) is 4.17. The van der Waals surface area contributed by atoms with Gasteiger partial charge in [-0.25, -0.2) is 0 Å². The van der Waals surface area contributed by atoms with Crippen molar-refractivity contribution in [3.8, 4) is 0 Å². The summed E-state index contributed by atoms with van der Waals surface area (Å²) >= 11 is 0. The van der Waals surface area contributed by atoms with Crippen molar-refractivity contribution in [1.82, 2.24) is 4.90 Å². The zero-order valence-electron chi connectivity index (χ0n) is 14.3. The second-order valence-electron chi connectivity index (χ2n) is 8.58.